The van der Waals surface area contributed by atoms with Gasteiger partial charge in [0.2, 0.25) is 5.88 Å². The molecular weight excluding hydrogens is 400 g/mol. The second-order valence-corrected chi connectivity index (χ2v) is 8.58. The first-order valence-electron chi connectivity index (χ1n) is 10.6. The average Bonchev–Trinajstić information content (AvgIpc) is 3.22. The number of rotatable bonds is 7. The molecule has 2 aromatic heterocycles. The molecule has 1 N–H and O–H groups in total. The molecule has 0 aliphatic rings. The zero-order valence-corrected chi connectivity index (χ0v) is 18.9. The van der Waals surface area contributed by atoms with Crippen molar-refractivity contribution in [3.63, 3.8) is 0 Å². The highest BCUT2D eigenvalue weighted by Gasteiger charge is 2.20. The molecule has 0 atom stereocenters. The third-order valence-corrected chi connectivity index (χ3v) is 5.08. The molecular formula is C26H28N4O2. The number of pyridine rings is 1. The second-order valence-electron chi connectivity index (χ2n) is 8.58. The first kappa shape index (κ1) is 21.4. The van der Waals surface area contributed by atoms with E-state index in [0.29, 0.717) is 12.4 Å². The fourth-order valence-electron chi connectivity index (χ4n) is 3.42. The van der Waals surface area contributed by atoms with Gasteiger partial charge in [-0.2, -0.15) is 5.10 Å². The first-order valence-corrected chi connectivity index (χ1v) is 10.6. The molecule has 0 saturated carbocycles. The highest BCUT2D eigenvalue weighted by Crippen LogP contribution is 2.36. The molecule has 2 heterocycles. The van der Waals surface area contributed by atoms with Crippen molar-refractivity contribution in [1.29, 1.82) is 0 Å². The van der Waals surface area contributed by atoms with Crippen molar-refractivity contribution in [2.45, 2.75) is 32.7 Å². The van der Waals surface area contributed by atoms with E-state index in [2.05, 4.69) is 42.2 Å². The molecule has 0 aliphatic heterocycles. The quantitative estimate of drug-likeness (QED) is 0.381. The van der Waals surface area contributed by atoms with Gasteiger partial charge in [-0.3, -0.25) is 4.68 Å². The Morgan fingerprint density at radius 2 is 1.72 bits per heavy atom. The van der Waals surface area contributed by atoms with E-state index in [1.54, 1.807) is 13.3 Å². The molecule has 4 aromatic rings. The summed E-state index contributed by atoms with van der Waals surface area (Å²) in [6.07, 6.45) is 3.67. The third kappa shape index (κ3) is 5.09. The van der Waals surface area contributed by atoms with E-state index < -0.39 is 0 Å². The Kier molecular flexibility index (Phi) is 6.12. The Labute approximate surface area is 188 Å². The molecule has 6 heteroatoms. The van der Waals surface area contributed by atoms with Gasteiger partial charge in [-0.1, -0.05) is 51.1 Å². The Morgan fingerprint density at radius 3 is 2.47 bits per heavy atom. The van der Waals surface area contributed by atoms with E-state index in [0.717, 1.165) is 34.1 Å². The Bertz CT molecular complexity index is 1180. The molecule has 164 valence electrons. The topological polar surface area (TPSA) is 61.2 Å². The fourth-order valence-corrected chi connectivity index (χ4v) is 3.42. The van der Waals surface area contributed by atoms with Crippen molar-refractivity contribution in [1.82, 2.24) is 14.8 Å². The van der Waals surface area contributed by atoms with Crippen molar-refractivity contribution < 1.29 is 9.47 Å². The van der Waals surface area contributed by atoms with E-state index in [1.165, 1.54) is 0 Å². The minimum Gasteiger partial charge on any atom is -0.497 e. The molecule has 0 unspecified atom stereocenters. The van der Waals surface area contributed by atoms with Gasteiger partial charge in [0.05, 0.1) is 13.7 Å². The van der Waals surface area contributed by atoms with Crippen LogP contribution in [0, 0.1) is 0 Å². The van der Waals surface area contributed by atoms with Crippen molar-refractivity contribution in [3.8, 4) is 17.4 Å². The number of aromatic nitrogens is 3. The van der Waals surface area contributed by atoms with E-state index in [-0.39, 0.29) is 5.41 Å². The minimum atomic E-state index is -0.0425. The summed E-state index contributed by atoms with van der Waals surface area (Å²) in [5, 5.41) is 7.98. The van der Waals surface area contributed by atoms with Gasteiger partial charge >= 0.3 is 0 Å². The van der Waals surface area contributed by atoms with Crippen LogP contribution < -0.4 is 14.8 Å². The number of methoxy groups -OCH3 is 1. The predicted octanol–water partition coefficient (Wildman–Crippen LogP) is 6.17. The van der Waals surface area contributed by atoms with Crippen LogP contribution in [0.4, 0.5) is 11.5 Å². The fraction of sp³-hybridized carbons (Fsp3) is 0.231. The lowest BCUT2D eigenvalue weighted by Gasteiger charge is -2.22. The van der Waals surface area contributed by atoms with Gasteiger partial charge in [-0.25, -0.2) is 4.98 Å². The van der Waals surface area contributed by atoms with E-state index in [4.69, 9.17) is 9.47 Å². The molecule has 0 amide bonds. The summed E-state index contributed by atoms with van der Waals surface area (Å²) in [7, 11) is 1.67. The second kappa shape index (κ2) is 9.14. The van der Waals surface area contributed by atoms with Gasteiger partial charge in [0.1, 0.15) is 17.2 Å². The van der Waals surface area contributed by atoms with Crippen LogP contribution in [0.2, 0.25) is 0 Å². The first-order chi connectivity index (χ1) is 15.4. The molecule has 6 nitrogen and oxygen atoms in total. The van der Waals surface area contributed by atoms with Crippen LogP contribution in [0.25, 0.3) is 0 Å². The van der Waals surface area contributed by atoms with Gasteiger partial charge in [0, 0.05) is 24.0 Å². The summed E-state index contributed by atoms with van der Waals surface area (Å²) in [5.41, 5.74) is 2.98. The molecule has 0 spiro atoms. The number of hydrogen-bond donors (Lipinski definition) is 1. The zero-order chi connectivity index (χ0) is 22.6. The summed E-state index contributed by atoms with van der Waals surface area (Å²) in [6.45, 7) is 7.17. The summed E-state index contributed by atoms with van der Waals surface area (Å²) >= 11 is 0. The van der Waals surface area contributed by atoms with E-state index in [9.17, 15) is 0 Å². The highest BCUT2D eigenvalue weighted by atomic mass is 16.5. The van der Waals surface area contributed by atoms with E-state index in [1.807, 2.05) is 71.5 Å². The van der Waals surface area contributed by atoms with Crippen molar-refractivity contribution in [2.24, 2.45) is 0 Å². The number of nitrogens with one attached hydrogen (secondary N) is 1. The van der Waals surface area contributed by atoms with Crippen LogP contribution in [-0.2, 0) is 12.0 Å². The SMILES string of the molecule is COc1ccc(Cn2ccc(Nc3cccnc3Oc3ccccc3C(C)(C)C)n2)cc1. The lowest BCUT2D eigenvalue weighted by atomic mass is 9.86. The average molecular weight is 429 g/mol. The van der Waals surface area contributed by atoms with Gasteiger partial charge in [-0.05, 0) is 41.3 Å². The normalized spacial score (nSPS) is 11.2. The monoisotopic (exact) mass is 428 g/mol. The molecule has 0 aliphatic carbocycles. The zero-order valence-electron chi connectivity index (χ0n) is 18.9. The highest BCUT2D eigenvalue weighted by molar-refractivity contribution is 5.62. The summed E-state index contributed by atoms with van der Waals surface area (Å²) in [4.78, 5) is 4.45. The largest absolute Gasteiger partial charge is 0.497 e. The minimum absolute atomic E-state index is 0.0425. The number of para-hydroxylation sites is 1. The smallest absolute Gasteiger partial charge is 0.243 e. The van der Waals surface area contributed by atoms with Crippen LogP contribution in [0.1, 0.15) is 31.9 Å². The standard InChI is InChI=1S/C26H28N4O2/c1-26(2,3)21-8-5-6-10-23(21)32-25-22(9-7-16-27-25)28-24-15-17-30(29-24)18-19-11-13-20(31-4)14-12-19/h5-17H,18H2,1-4H3,(H,28,29). The number of benzene rings is 2. The lowest BCUT2D eigenvalue weighted by Crippen LogP contribution is -2.12. The van der Waals surface area contributed by atoms with E-state index >= 15 is 0 Å². The number of nitrogens with zero attached hydrogens (tertiary/aromatic N) is 3. The van der Waals surface area contributed by atoms with Crippen LogP contribution in [-0.4, -0.2) is 21.9 Å². The van der Waals surface area contributed by atoms with Crippen LogP contribution in [0.5, 0.6) is 17.4 Å². The molecule has 2 aromatic carbocycles. The van der Waals surface area contributed by atoms with Crippen molar-refractivity contribution >= 4 is 11.5 Å². The van der Waals surface area contributed by atoms with Crippen molar-refractivity contribution in [2.75, 3.05) is 12.4 Å². The summed E-state index contributed by atoms with van der Waals surface area (Å²) < 4.78 is 13.3. The number of anilines is 2. The molecule has 32 heavy (non-hydrogen) atoms. The maximum absolute atomic E-state index is 6.24. The van der Waals surface area contributed by atoms with Gasteiger partial charge in [0.15, 0.2) is 5.82 Å². The summed E-state index contributed by atoms with van der Waals surface area (Å²) in [6, 6.07) is 21.8. The molecule has 0 fully saturated rings. The summed E-state index contributed by atoms with van der Waals surface area (Å²) in [5.74, 6) is 2.87. The maximum atomic E-state index is 6.24. The van der Waals surface area contributed by atoms with Crippen molar-refractivity contribution in [3.05, 3.63) is 90.3 Å². The van der Waals surface area contributed by atoms with Crippen LogP contribution in [0.3, 0.4) is 0 Å². The Balaban J connectivity index is 1.51. The third-order valence-electron chi connectivity index (χ3n) is 5.08. The Morgan fingerprint density at radius 1 is 0.938 bits per heavy atom. The number of hydrogen-bond acceptors (Lipinski definition) is 5. The lowest BCUT2D eigenvalue weighted by molar-refractivity contribution is 0.414. The van der Waals surface area contributed by atoms with Crippen LogP contribution >= 0.6 is 0 Å². The van der Waals surface area contributed by atoms with Gasteiger partial charge in [0.25, 0.3) is 0 Å². The maximum Gasteiger partial charge on any atom is 0.243 e. The van der Waals surface area contributed by atoms with Gasteiger partial charge < -0.3 is 14.8 Å². The predicted molar refractivity (Wildman–Crippen MR) is 127 cm³/mol. The van der Waals surface area contributed by atoms with Crippen LogP contribution in [0.15, 0.2) is 79.1 Å². The molecule has 0 saturated heterocycles. The Hall–Kier alpha value is -3.80. The molecule has 0 bridgehead atoms. The number of ether oxygens (including phenoxy) is 2. The molecule has 4 rings (SSSR count). The molecule has 0 radical (unpaired) electrons. The van der Waals surface area contributed by atoms with Gasteiger partial charge in [-0.15, -0.1) is 0 Å².